The molecule has 1 aliphatic rings. The summed E-state index contributed by atoms with van der Waals surface area (Å²) in [5.74, 6) is 1.54. The van der Waals surface area contributed by atoms with Crippen molar-refractivity contribution in [3.63, 3.8) is 0 Å². The summed E-state index contributed by atoms with van der Waals surface area (Å²) >= 11 is 1.77. The Morgan fingerprint density at radius 2 is 2.05 bits per heavy atom. The summed E-state index contributed by atoms with van der Waals surface area (Å²) in [6, 6.07) is 6.09. The van der Waals surface area contributed by atoms with Crippen LogP contribution in [-0.2, 0) is 0 Å². The highest BCUT2D eigenvalue weighted by molar-refractivity contribution is 8.14. The van der Waals surface area contributed by atoms with E-state index in [1.807, 2.05) is 18.2 Å². The van der Waals surface area contributed by atoms with Crippen LogP contribution in [0.25, 0.3) is 0 Å². The van der Waals surface area contributed by atoms with E-state index in [0.717, 1.165) is 28.8 Å². The summed E-state index contributed by atoms with van der Waals surface area (Å²) in [4.78, 5) is 4.63. The molecular weight excluding hydrogens is 260 g/mol. The highest BCUT2D eigenvalue weighted by Gasteiger charge is 2.19. The number of thioether (sulfide) groups is 1. The normalized spacial score (nSPS) is 22.6. The third kappa shape index (κ3) is 3.56. The summed E-state index contributed by atoms with van der Waals surface area (Å²) in [6.45, 7) is 4.37. The minimum absolute atomic E-state index is 0.364. The molecule has 0 aromatic heterocycles. The van der Waals surface area contributed by atoms with E-state index in [9.17, 15) is 0 Å². The van der Waals surface area contributed by atoms with Gasteiger partial charge in [-0.2, -0.15) is 0 Å². The van der Waals surface area contributed by atoms with Gasteiger partial charge in [0.15, 0.2) is 5.17 Å². The average Bonchev–Trinajstić information content (AvgIpc) is 2.38. The van der Waals surface area contributed by atoms with Gasteiger partial charge >= 0.3 is 0 Å². The van der Waals surface area contributed by atoms with E-state index in [-0.39, 0.29) is 0 Å². The molecule has 5 heteroatoms. The molecule has 19 heavy (non-hydrogen) atoms. The molecule has 1 N–H and O–H groups in total. The minimum atomic E-state index is 0.364. The van der Waals surface area contributed by atoms with Crippen molar-refractivity contribution in [3.8, 4) is 11.5 Å². The number of anilines is 1. The molecule has 0 saturated heterocycles. The monoisotopic (exact) mass is 280 g/mol. The van der Waals surface area contributed by atoms with Crippen LogP contribution >= 0.6 is 11.8 Å². The van der Waals surface area contributed by atoms with Crippen molar-refractivity contribution in [3.05, 3.63) is 18.2 Å². The van der Waals surface area contributed by atoms with Gasteiger partial charge in [0.25, 0.3) is 0 Å². The Hall–Kier alpha value is -1.36. The second kappa shape index (κ2) is 6.19. The van der Waals surface area contributed by atoms with Crippen molar-refractivity contribution in [1.29, 1.82) is 0 Å². The van der Waals surface area contributed by atoms with Crippen LogP contribution in [0.2, 0.25) is 0 Å². The fourth-order valence-electron chi connectivity index (χ4n) is 2.08. The van der Waals surface area contributed by atoms with E-state index in [1.165, 1.54) is 0 Å². The molecule has 0 saturated carbocycles. The molecular formula is C14H20N2O2S. The number of ether oxygens (including phenoxy) is 2. The number of hydrogen-bond donors (Lipinski definition) is 1. The minimum Gasteiger partial charge on any atom is -0.497 e. The van der Waals surface area contributed by atoms with Crippen molar-refractivity contribution in [2.45, 2.75) is 31.6 Å². The Bertz CT molecular complexity index is 477. The molecule has 4 nitrogen and oxygen atoms in total. The topological polar surface area (TPSA) is 42.8 Å². The lowest BCUT2D eigenvalue weighted by atomic mass is 10.2. The van der Waals surface area contributed by atoms with E-state index in [1.54, 1.807) is 26.0 Å². The van der Waals surface area contributed by atoms with Crippen LogP contribution in [0.15, 0.2) is 23.2 Å². The SMILES string of the molecule is COc1ccc(NC2=NC(C)CC(C)S2)c(OC)c1. The first-order valence-electron chi connectivity index (χ1n) is 6.36. The van der Waals surface area contributed by atoms with Gasteiger partial charge in [0, 0.05) is 11.3 Å². The van der Waals surface area contributed by atoms with Crippen LogP contribution in [0.5, 0.6) is 11.5 Å². The average molecular weight is 280 g/mol. The first-order valence-corrected chi connectivity index (χ1v) is 7.24. The fourth-order valence-corrected chi connectivity index (χ4v) is 3.25. The second-order valence-electron chi connectivity index (χ2n) is 4.64. The molecule has 0 spiro atoms. The Kier molecular flexibility index (Phi) is 4.58. The van der Waals surface area contributed by atoms with Crippen molar-refractivity contribution in [2.75, 3.05) is 19.5 Å². The van der Waals surface area contributed by atoms with E-state index in [4.69, 9.17) is 9.47 Å². The number of amidine groups is 1. The number of nitrogens with zero attached hydrogens (tertiary/aromatic N) is 1. The Morgan fingerprint density at radius 1 is 1.26 bits per heavy atom. The molecule has 1 aliphatic heterocycles. The zero-order valence-electron chi connectivity index (χ0n) is 11.8. The zero-order valence-corrected chi connectivity index (χ0v) is 12.6. The molecule has 2 rings (SSSR count). The summed E-state index contributed by atoms with van der Waals surface area (Å²) in [5.41, 5.74) is 0.913. The first-order chi connectivity index (χ1) is 9.12. The van der Waals surface area contributed by atoms with Crippen LogP contribution < -0.4 is 14.8 Å². The molecule has 0 fully saturated rings. The van der Waals surface area contributed by atoms with E-state index >= 15 is 0 Å². The third-order valence-electron chi connectivity index (χ3n) is 2.97. The van der Waals surface area contributed by atoms with Crippen molar-refractivity contribution in [2.24, 2.45) is 4.99 Å². The molecule has 2 atom stereocenters. The van der Waals surface area contributed by atoms with Gasteiger partial charge in [0.1, 0.15) is 11.5 Å². The van der Waals surface area contributed by atoms with Gasteiger partial charge in [0.2, 0.25) is 0 Å². The summed E-state index contributed by atoms with van der Waals surface area (Å²) in [6.07, 6.45) is 1.12. The lowest BCUT2D eigenvalue weighted by molar-refractivity contribution is 0.395. The lowest BCUT2D eigenvalue weighted by Gasteiger charge is -2.23. The Balaban J connectivity index is 2.18. The number of rotatable bonds is 3. The molecule has 2 unspecified atom stereocenters. The molecule has 0 radical (unpaired) electrons. The van der Waals surface area contributed by atoms with Crippen molar-refractivity contribution >= 4 is 22.6 Å². The number of hydrogen-bond acceptors (Lipinski definition) is 5. The third-order valence-corrected chi connectivity index (χ3v) is 4.00. The molecule has 1 aromatic rings. The molecule has 0 aliphatic carbocycles. The summed E-state index contributed by atoms with van der Waals surface area (Å²) < 4.78 is 10.6. The van der Waals surface area contributed by atoms with Gasteiger partial charge < -0.3 is 14.8 Å². The molecule has 104 valence electrons. The van der Waals surface area contributed by atoms with Gasteiger partial charge in [-0.25, -0.2) is 0 Å². The highest BCUT2D eigenvalue weighted by atomic mass is 32.2. The van der Waals surface area contributed by atoms with Gasteiger partial charge in [-0.3, -0.25) is 4.99 Å². The van der Waals surface area contributed by atoms with Gasteiger partial charge in [-0.15, -0.1) is 0 Å². The van der Waals surface area contributed by atoms with Crippen LogP contribution in [0.3, 0.4) is 0 Å². The molecule has 0 bridgehead atoms. The van der Waals surface area contributed by atoms with Crippen LogP contribution in [0.1, 0.15) is 20.3 Å². The smallest absolute Gasteiger partial charge is 0.161 e. The Morgan fingerprint density at radius 3 is 2.68 bits per heavy atom. The maximum atomic E-state index is 5.38. The maximum absolute atomic E-state index is 5.38. The lowest BCUT2D eigenvalue weighted by Crippen LogP contribution is -2.22. The number of methoxy groups -OCH3 is 2. The Labute approximate surface area is 118 Å². The van der Waals surface area contributed by atoms with Crippen LogP contribution in [0, 0.1) is 0 Å². The standard InChI is InChI=1S/C14H20N2O2S/c1-9-7-10(2)19-14(15-9)16-12-6-5-11(17-3)8-13(12)18-4/h5-6,8-10H,7H2,1-4H3,(H,15,16). The first kappa shape index (κ1) is 14.1. The van der Waals surface area contributed by atoms with Gasteiger partial charge in [0.05, 0.1) is 25.9 Å². The number of aliphatic imine (C=N–C) groups is 1. The van der Waals surface area contributed by atoms with Gasteiger partial charge in [-0.1, -0.05) is 18.7 Å². The number of benzene rings is 1. The van der Waals surface area contributed by atoms with Gasteiger partial charge in [-0.05, 0) is 25.5 Å². The summed E-state index contributed by atoms with van der Waals surface area (Å²) in [5, 5.41) is 4.88. The van der Waals surface area contributed by atoms with E-state index in [0.29, 0.717) is 11.3 Å². The maximum Gasteiger partial charge on any atom is 0.161 e. The number of nitrogens with one attached hydrogen (secondary N) is 1. The van der Waals surface area contributed by atoms with Crippen molar-refractivity contribution < 1.29 is 9.47 Å². The molecule has 1 aromatic carbocycles. The highest BCUT2D eigenvalue weighted by Crippen LogP contribution is 2.32. The molecule has 0 amide bonds. The van der Waals surface area contributed by atoms with Crippen LogP contribution in [-0.4, -0.2) is 30.7 Å². The van der Waals surface area contributed by atoms with E-state index in [2.05, 4.69) is 24.2 Å². The molecule has 1 heterocycles. The fraction of sp³-hybridized carbons (Fsp3) is 0.500. The van der Waals surface area contributed by atoms with Crippen LogP contribution in [0.4, 0.5) is 5.69 Å². The van der Waals surface area contributed by atoms with Crippen molar-refractivity contribution in [1.82, 2.24) is 0 Å². The summed E-state index contributed by atoms with van der Waals surface area (Å²) in [7, 11) is 3.30. The largest absolute Gasteiger partial charge is 0.497 e. The quantitative estimate of drug-likeness (QED) is 0.921. The zero-order chi connectivity index (χ0) is 13.8. The second-order valence-corrected chi connectivity index (χ2v) is 6.07. The predicted molar refractivity (Wildman–Crippen MR) is 81.7 cm³/mol. The predicted octanol–water partition coefficient (Wildman–Crippen LogP) is 3.39. The van der Waals surface area contributed by atoms with E-state index < -0.39 is 0 Å².